The molecule has 0 aliphatic rings. The molecule has 158 valence electrons. The average Bonchev–Trinajstić information content (AvgIpc) is 2.76. The van der Waals surface area contributed by atoms with Crippen LogP contribution in [-0.4, -0.2) is 30.6 Å². The van der Waals surface area contributed by atoms with Crippen LogP contribution in [-0.2, 0) is 0 Å². The van der Waals surface area contributed by atoms with Crippen molar-refractivity contribution in [3.63, 3.8) is 0 Å². The number of rotatable bonds is 3. The summed E-state index contributed by atoms with van der Waals surface area (Å²) in [5.74, 6) is -0.471. The lowest BCUT2D eigenvalue weighted by atomic mass is 9.85. The van der Waals surface area contributed by atoms with Gasteiger partial charge in [0.25, 0.3) is 0 Å². The van der Waals surface area contributed by atoms with Gasteiger partial charge < -0.3 is 30.6 Å². The second kappa shape index (κ2) is 9.45. The van der Waals surface area contributed by atoms with E-state index in [1.807, 2.05) is 36.4 Å². The molecule has 0 spiro atoms. The topological polar surface area (TPSA) is 121 Å². The maximum absolute atomic E-state index is 9.49. The van der Waals surface area contributed by atoms with Gasteiger partial charge in [0, 0.05) is 5.92 Å². The van der Waals surface area contributed by atoms with E-state index in [0.29, 0.717) is 0 Å². The molecular formula is C25H22O6. The van der Waals surface area contributed by atoms with E-state index in [0.717, 1.165) is 16.7 Å². The van der Waals surface area contributed by atoms with E-state index in [1.165, 1.54) is 18.2 Å². The molecule has 0 bridgehead atoms. The fraction of sp³-hybridized carbons (Fsp3) is 0.0400. The first-order valence-electron chi connectivity index (χ1n) is 9.42. The minimum atomic E-state index is -0.475. The zero-order valence-corrected chi connectivity index (χ0v) is 16.4. The molecule has 6 heteroatoms. The standard InChI is InChI=1S/C19H16O3.C6H6O3/c20-16-7-1-13(2-8-16)19(14-3-9-17(21)10-4-14)15-5-11-18(22)12-6-15;7-4-2-1-3-5(8)6(4)9/h1-12,19-22H;1-3,7-9H. The van der Waals surface area contributed by atoms with Gasteiger partial charge in [0.05, 0.1) is 0 Å². The SMILES string of the molecule is Oc1ccc(C(c2ccc(O)cc2)c2ccc(O)cc2)cc1.Oc1cccc(O)c1O. The third-order valence-electron chi connectivity index (χ3n) is 4.67. The third-order valence-corrected chi connectivity index (χ3v) is 4.67. The number of para-hydroxylation sites is 1. The highest BCUT2D eigenvalue weighted by molar-refractivity contribution is 5.48. The fourth-order valence-corrected chi connectivity index (χ4v) is 3.10. The summed E-state index contributed by atoms with van der Waals surface area (Å²) in [6.45, 7) is 0. The molecule has 6 nitrogen and oxygen atoms in total. The van der Waals surface area contributed by atoms with Gasteiger partial charge in [-0.25, -0.2) is 0 Å². The first kappa shape index (κ1) is 21.4. The zero-order valence-electron chi connectivity index (χ0n) is 16.4. The molecule has 4 aromatic rings. The molecule has 4 rings (SSSR count). The van der Waals surface area contributed by atoms with Gasteiger partial charge >= 0.3 is 0 Å². The van der Waals surface area contributed by atoms with Crippen LogP contribution in [0, 0.1) is 0 Å². The molecule has 0 saturated carbocycles. The molecular weight excluding hydrogens is 396 g/mol. The lowest BCUT2D eigenvalue weighted by Crippen LogP contribution is -2.03. The highest BCUT2D eigenvalue weighted by Crippen LogP contribution is 2.34. The first-order chi connectivity index (χ1) is 14.8. The Labute approximate surface area is 179 Å². The summed E-state index contributed by atoms with van der Waals surface area (Å²) in [5.41, 5.74) is 3.07. The molecule has 4 aromatic carbocycles. The molecule has 0 radical (unpaired) electrons. The normalized spacial score (nSPS) is 10.4. The van der Waals surface area contributed by atoms with Crippen molar-refractivity contribution >= 4 is 0 Å². The Bertz CT molecular complexity index is 992. The zero-order chi connectivity index (χ0) is 22.4. The Morgan fingerprint density at radius 2 is 0.677 bits per heavy atom. The monoisotopic (exact) mass is 418 g/mol. The van der Waals surface area contributed by atoms with Crippen molar-refractivity contribution < 1.29 is 30.6 Å². The summed E-state index contributed by atoms with van der Waals surface area (Å²) >= 11 is 0. The van der Waals surface area contributed by atoms with Crippen molar-refractivity contribution in [2.24, 2.45) is 0 Å². The molecule has 0 atom stereocenters. The lowest BCUT2D eigenvalue weighted by Gasteiger charge is -2.19. The van der Waals surface area contributed by atoms with Crippen LogP contribution in [0.1, 0.15) is 22.6 Å². The number of hydrogen-bond donors (Lipinski definition) is 6. The van der Waals surface area contributed by atoms with Crippen molar-refractivity contribution in [3.05, 3.63) is 108 Å². The van der Waals surface area contributed by atoms with E-state index >= 15 is 0 Å². The van der Waals surface area contributed by atoms with Crippen LogP contribution in [0.2, 0.25) is 0 Å². The maximum atomic E-state index is 9.49. The molecule has 0 aliphatic carbocycles. The second-order valence-electron chi connectivity index (χ2n) is 6.85. The van der Waals surface area contributed by atoms with Crippen LogP contribution in [0.4, 0.5) is 0 Å². The summed E-state index contributed by atoms with van der Waals surface area (Å²) in [5, 5.41) is 54.5. The van der Waals surface area contributed by atoms with Gasteiger partial charge in [-0.05, 0) is 65.2 Å². The number of phenolic OH excluding ortho intramolecular Hbond substituents is 6. The number of aromatic hydroxyl groups is 6. The molecule has 31 heavy (non-hydrogen) atoms. The first-order valence-corrected chi connectivity index (χ1v) is 9.42. The minimum Gasteiger partial charge on any atom is -0.508 e. The Balaban J connectivity index is 0.000000254. The van der Waals surface area contributed by atoms with Crippen LogP contribution < -0.4 is 0 Å². The predicted octanol–water partition coefficient (Wildman–Crippen LogP) is 4.79. The van der Waals surface area contributed by atoms with Gasteiger partial charge in [-0.3, -0.25) is 0 Å². The summed E-state index contributed by atoms with van der Waals surface area (Å²) in [6.07, 6.45) is 0. The predicted molar refractivity (Wildman–Crippen MR) is 117 cm³/mol. The minimum absolute atomic E-state index is 0.0400. The number of phenols is 6. The van der Waals surface area contributed by atoms with E-state index in [4.69, 9.17) is 15.3 Å². The molecule has 0 heterocycles. The molecule has 0 fully saturated rings. The fourth-order valence-electron chi connectivity index (χ4n) is 3.10. The summed E-state index contributed by atoms with van der Waals surface area (Å²) in [6, 6.07) is 25.2. The van der Waals surface area contributed by atoms with Crippen LogP contribution >= 0.6 is 0 Å². The quantitative estimate of drug-likeness (QED) is 0.210. The maximum Gasteiger partial charge on any atom is 0.200 e. The van der Waals surface area contributed by atoms with E-state index in [1.54, 1.807) is 36.4 Å². The van der Waals surface area contributed by atoms with Gasteiger partial charge in [0.1, 0.15) is 17.2 Å². The van der Waals surface area contributed by atoms with Gasteiger partial charge in [0.2, 0.25) is 0 Å². The molecule has 0 unspecified atom stereocenters. The summed E-state index contributed by atoms with van der Waals surface area (Å²) in [4.78, 5) is 0. The van der Waals surface area contributed by atoms with Gasteiger partial charge in [-0.15, -0.1) is 0 Å². The van der Waals surface area contributed by atoms with Crippen LogP contribution in [0.5, 0.6) is 34.5 Å². The summed E-state index contributed by atoms with van der Waals surface area (Å²) in [7, 11) is 0. The number of hydrogen-bond acceptors (Lipinski definition) is 6. The van der Waals surface area contributed by atoms with Crippen LogP contribution in [0.3, 0.4) is 0 Å². The smallest absolute Gasteiger partial charge is 0.200 e. The Morgan fingerprint density at radius 1 is 0.387 bits per heavy atom. The van der Waals surface area contributed by atoms with Crippen molar-refractivity contribution in [2.45, 2.75) is 5.92 Å². The third kappa shape index (κ3) is 5.39. The van der Waals surface area contributed by atoms with Crippen molar-refractivity contribution in [2.75, 3.05) is 0 Å². The molecule has 6 N–H and O–H groups in total. The molecule has 0 aliphatic heterocycles. The highest BCUT2D eigenvalue weighted by Gasteiger charge is 2.17. The van der Waals surface area contributed by atoms with Crippen molar-refractivity contribution in [3.8, 4) is 34.5 Å². The van der Waals surface area contributed by atoms with E-state index in [2.05, 4.69) is 0 Å². The molecule has 0 amide bonds. The largest absolute Gasteiger partial charge is 0.508 e. The van der Waals surface area contributed by atoms with Crippen LogP contribution in [0.15, 0.2) is 91.0 Å². The van der Waals surface area contributed by atoms with E-state index in [-0.39, 0.29) is 34.7 Å². The Morgan fingerprint density at radius 3 is 0.935 bits per heavy atom. The van der Waals surface area contributed by atoms with Gasteiger partial charge in [-0.1, -0.05) is 42.5 Å². The highest BCUT2D eigenvalue weighted by atomic mass is 16.3. The average molecular weight is 418 g/mol. The Hall–Kier alpha value is -4.32. The summed E-state index contributed by atoms with van der Waals surface area (Å²) < 4.78 is 0. The van der Waals surface area contributed by atoms with E-state index in [9.17, 15) is 15.3 Å². The van der Waals surface area contributed by atoms with Crippen molar-refractivity contribution in [1.82, 2.24) is 0 Å². The van der Waals surface area contributed by atoms with Crippen molar-refractivity contribution in [1.29, 1.82) is 0 Å². The molecule has 0 aromatic heterocycles. The van der Waals surface area contributed by atoms with Crippen LogP contribution in [0.25, 0.3) is 0 Å². The number of benzene rings is 4. The second-order valence-corrected chi connectivity index (χ2v) is 6.85. The lowest BCUT2D eigenvalue weighted by molar-refractivity contribution is 0.368. The molecule has 0 saturated heterocycles. The van der Waals surface area contributed by atoms with Gasteiger partial charge in [0.15, 0.2) is 17.2 Å². The van der Waals surface area contributed by atoms with E-state index < -0.39 is 5.75 Å². The Kier molecular flexibility index (Phi) is 6.52. The van der Waals surface area contributed by atoms with Gasteiger partial charge in [-0.2, -0.15) is 0 Å².